The molecule has 166 valence electrons. The Morgan fingerprint density at radius 2 is 2.00 bits per heavy atom. The summed E-state index contributed by atoms with van der Waals surface area (Å²) in [5.74, 6) is 7.39. The van der Waals surface area contributed by atoms with Crippen molar-refractivity contribution in [2.75, 3.05) is 31.9 Å². The average molecular weight is 434 g/mol. The number of ether oxygens (including phenoxy) is 3. The van der Waals surface area contributed by atoms with Gasteiger partial charge in [0.25, 0.3) is 5.91 Å². The molecule has 8 heteroatoms. The Kier molecular flexibility index (Phi) is 7.37. The minimum absolute atomic E-state index is 0.205. The number of hydrogen-bond acceptors (Lipinski definition) is 6. The number of aromatic nitrogens is 2. The Balaban J connectivity index is 1.95. The van der Waals surface area contributed by atoms with Crippen LogP contribution < -0.4 is 20.5 Å². The molecule has 1 atom stereocenters. The SMILES string of the molecule is COC[C@H](C)Oc1cc(C#Cc2cc(N)ccc2OC)cc(C(=O)Nc2ccn(C)n2)c1. The van der Waals surface area contributed by atoms with Gasteiger partial charge in [-0.2, -0.15) is 5.10 Å². The van der Waals surface area contributed by atoms with E-state index < -0.39 is 0 Å². The summed E-state index contributed by atoms with van der Waals surface area (Å²) in [6, 6.07) is 12.1. The van der Waals surface area contributed by atoms with Crippen LogP contribution in [0, 0.1) is 11.8 Å². The maximum absolute atomic E-state index is 12.8. The van der Waals surface area contributed by atoms with E-state index in [-0.39, 0.29) is 12.0 Å². The van der Waals surface area contributed by atoms with Gasteiger partial charge in [0.1, 0.15) is 17.6 Å². The maximum Gasteiger partial charge on any atom is 0.257 e. The van der Waals surface area contributed by atoms with Gasteiger partial charge in [-0.3, -0.25) is 9.48 Å². The van der Waals surface area contributed by atoms with Gasteiger partial charge in [-0.25, -0.2) is 0 Å². The molecule has 0 bridgehead atoms. The van der Waals surface area contributed by atoms with Gasteiger partial charge < -0.3 is 25.3 Å². The number of amides is 1. The van der Waals surface area contributed by atoms with Crippen LogP contribution >= 0.6 is 0 Å². The number of nitrogen functional groups attached to an aromatic ring is 1. The summed E-state index contributed by atoms with van der Waals surface area (Å²) in [5, 5.41) is 6.96. The Hall–Kier alpha value is -3.96. The predicted molar refractivity (Wildman–Crippen MR) is 123 cm³/mol. The number of anilines is 2. The molecule has 0 radical (unpaired) electrons. The van der Waals surface area contributed by atoms with Crippen molar-refractivity contribution in [2.24, 2.45) is 7.05 Å². The third-order valence-corrected chi connectivity index (χ3v) is 4.43. The number of nitrogens with zero attached hydrogens (tertiary/aromatic N) is 2. The van der Waals surface area contributed by atoms with Crippen molar-refractivity contribution in [3.63, 3.8) is 0 Å². The highest BCUT2D eigenvalue weighted by Gasteiger charge is 2.13. The van der Waals surface area contributed by atoms with Crippen molar-refractivity contribution >= 4 is 17.4 Å². The fraction of sp³-hybridized carbons (Fsp3) is 0.250. The summed E-state index contributed by atoms with van der Waals surface area (Å²) in [4.78, 5) is 12.8. The van der Waals surface area contributed by atoms with Crippen LogP contribution in [0.15, 0.2) is 48.7 Å². The summed E-state index contributed by atoms with van der Waals surface area (Å²) < 4.78 is 18.0. The molecule has 0 spiro atoms. The molecule has 1 amide bonds. The molecular formula is C24H26N4O4. The summed E-state index contributed by atoms with van der Waals surface area (Å²) in [7, 11) is 4.95. The van der Waals surface area contributed by atoms with E-state index >= 15 is 0 Å². The number of aryl methyl sites for hydroxylation is 1. The zero-order valence-corrected chi connectivity index (χ0v) is 18.5. The quantitative estimate of drug-likeness (QED) is 0.438. The lowest BCUT2D eigenvalue weighted by Crippen LogP contribution is -2.19. The molecule has 0 aliphatic rings. The first-order valence-corrected chi connectivity index (χ1v) is 9.95. The number of carbonyl (C=O) groups is 1. The second kappa shape index (κ2) is 10.4. The first-order valence-electron chi connectivity index (χ1n) is 9.95. The maximum atomic E-state index is 12.8. The fourth-order valence-corrected chi connectivity index (χ4v) is 3.00. The van der Waals surface area contributed by atoms with E-state index in [2.05, 4.69) is 22.3 Å². The van der Waals surface area contributed by atoms with Crippen molar-refractivity contribution in [1.82, 2.24) is 9.78 Å². The lowest BCUT2D eigenvalue weighted by atomic mass is 10.1. The van der Waals surface area contributed by atoms with E-state index in [9.17, 15) is 4.79 Å². The van der Waals surface area contributed by atoms with Gasteiger partial charge >= 0.3 is 0 Å². The lowest BCUT2D eigenvalue weighted by molar-refractivity contribution is 0.0917. The number of methoxy groups -OCH3 is 2. The molecule has 0 saturated heterocycles. The van der Waals surface area contributed by atoms with E-state index in [0.717, 1.165) is 0 Å². The van der Waals surface area contributed by atoms with Crippen LogP contribution in [0.5, 0.6) is 11.5 Å². The molecule has 2 aromatic carbocycles. The molecule has 3 N–H and O–H groups in total. The molecule has 0 unspecified atom stereocenters. The van der Waals surface area contributed by atoms with Gasteiger partial charge in [-0.15, -0.1) is 0 Å². The number of nitrogens with two attached hydrogens (primary N) is 1. The largest absolute Gasteiger partial charge is 0.495 e. The van der Waals surface area contributed by atoms with Gasteiger partial charge in [0.05, 0.1) is 19.3 Å². The van der Waals surface area contributed by atoms with Crippen molar-refractivity contribution < 1.29 is 19.0 Å². The smallest absolute Gasteiger partial charge is 0.257 e. The molecule has 32 heavy (non-hydrogen) atoms. The normalized spacial score (nSPS) is 11.2. The van der Waals surface area contributed by atoms with Gasteiger partial charge in [0, 0.05) is 43.2 Å². The minimum Gasteiger partial charge on any atom is -0.495 e. The van der Waals surface area contributed by atoms with E-state index in [1.54, 1.807) is 74.6 Å². The van der Waals surface area contributed by atoms with Gasteiger partial charge in [0.15, 0.2) is 5.82 Å². The van der Waals surface area contributed by atoms with Gasteiger partial charge in [-0.05, 0) is 43.3 Å². The lowest BCUT2D eigenvalue weighted by Gasteiger charge is -2.15. The highest BCUT2D eigenvalue weighted by atomic mass is 16.5. The second-order valence-corrected chi connectivity index (χ2v) is 7.17. The number of benzene rings is 2. The zero-order chi connectivity index (χ0) is 23.1. The number of hydrogen-bond donors (Lipinski definition) is 2. The van der Waals surface area contributed by atoms with Crippen LogP contribution in [-0.4, -0.2) is 42.6 Å². The molecule has 3 aromatic rings. The number of rotatable bonds is 7. The average Bonchev–Trinajstić information content (AvgIpc) is 3.16. The molecule has 8 nitrogen and oxygen atoms in total. The Labute approximate surface area is 187 Å². The monoisotopic (exact) mass is 434 g/mol. The van der Waals surface area contributed by atoms with Crippen LogP contribution in [-0.2, 0) is 11.8 Å². The Morgan fingerprint density at radius 1 is 1.19 bits per heavy atom. The zero-order valence-electron chi connectivity index (χ0n) is 18.5. The van der Waals surface area contributed by atoms with Crippen LogP contribution in [0.1, 0.15) is 28.4 Å². The molecule has 0 aliphatic carbocycles. The summed E-state index contributed by atoms with van der Waals surface area (Å²) in [5.41, 5.74) is 8.10. The van der Waals surface area contributed by atoms with Crippen LogP contribution in [0.4, 0.5) is 11.5 Å². The van der Waals surface area contributed by atoms with Gasteiger partial charge in [-0.1, -0.05) is 11.8 Å². The molecule has 0 aliphatic heterocycles. The molecule has 0 saturated carbocycles. The van der Waals surface area contributed by atoms with Crippen LogP contribution in [0.2, 0.25) is 0 Å². The van der Waals surface area contributed by atoms with E-state index in [1.165, 1.54) is 0 Å². The Bertz CT molecular complexity index is 1160. The molecule has 1 heterocycles. The van der Waals surface area contributed by atoms with Gasteiger partial charge in [0.2, 0.25) is 0 Å². The summed E-state index contributed by atoms with van der Waals surface area (Å²) in [6.45, 7) is 2.29. The number of carbonyl (C=O) groups excluding carboxylic acids is 1. The van der Waals surface area contributed by atoms with E-state index in [0.29, 0.717) is 46.3 Å². The summed E-state index contributed by atoms with van der Waals surface area (Å²) >= 11 is 0. The second-order valence-electron chi connectivity index (χ2n) is 7.17. The molecule has 1 aromatic heterocycles. The fourth-order valence-electron chi connectivity index (χ4n) is 3.00. The van der Waals surface area contributed by atoms with Crippen molar-refractivity contribution in [1.29, 1.82) is 0 Å². The topological polar surface area (TPSA) is 101 Å². The first-order chi connectivity index (χ1) is 15.4. The molecule has 3 rings (SSSR count). The first kappa shape index (κ1) is 22.7. The minimum atomic E-state index is -0.321. The summed E-state index contributed by atoms with van der Waals surface area (Å²) in [6.07, 6.45) is 1.54. The van der Waals surface area contributed by atoms with Crippen molar-refractivity contribution in [3.05, 3.63) is 65.4 Å². The van der Waals surface area contributed by atoms with Crippen molar-refractivity contribution in [2.45, 2.75) is 13.0 Å². The van der Waals surface area contributed by atoms with Crippen LogP contribution in [0.25, 0.3) is 0 Å². The highest BCUT2D eigenvalue weighted by Crippen LogP contribution is 2.22. The van der Waals surface area contributed by atoms with E-state index in [1.807, 2.05) is 6.92 Å². The molecule has 0 fully saturated rings. The number of nitrogens with one attached hydrogen (secondary N) is 1. The van der Waals surface area contributed by atoms with E-state index in [4.69, 9.17) is 19.9 Å². The molecular weight excluding hydrogens is 408 g/mol. The standard InChI is InChI=1S/C24H26N4O4/c1-16(15-30-3)32-21-12-17(5-6-18-13-20(25)7-8-22(18)31-4)11-19(14-21)24(29)26-23-9-10-28(2)27-23/h7-14,16H,15,25H2,1-4H3,(H,26,27,29)/t16-/m0/s1. The Morgan fingerprint density at radius 3 is 2.69 bits per heavy atom. The third kappa shape index (κ3) is 6.03. The third-order valence-electron chi connectivity index (χ3n) is 4.43. The highest BCUT2D eigenvalue weighted by molar-refractivity contribution is 6.04. The predicted octanol–water partition coefficient (Wildman–Crippen LogP) is 3.08. The van der Waals surface area contributed by atoms with Crippen LogP contribution in [0.3, 0.4) is 0 Å². The van der Waals surface area contributed by atoms with Crippen molar-refractivity contribution in [3.8, 4) is 23.3 Å².